The molecule has 1 amide bonds. The van der Waals surface area contributed by atoms with Gasteiger partial charge in [0.25, 0.3) is 5.91 Å². The molecule has 1 aromatic heterocycles. The van der Waals surface area contributed by atoms with Gasteiger partial charge in [0.2, 0.25) is 0 Å². The van der Waals surface area contributed by atoms with Crippen LogP contribution in [-0.2, 0) is 4.79 Å². The summed E-state index contributed by atoms with van der Waals surface area (Å²) in [7, 11) is 0. The maximum absolute atomic E-state index is 12.4. The Labute approximate surface area is 153 Å². The van der Waals surface area contributed by atoms with Crippen LogP contribution >= 0.6 is 0 Å². The van der Waals surface area contributed by atoms with E-state index in [1.807, 2.05) is 91.5 Å². The van der Waals surface area contributed by atoms with E-state index in [1.165, 1.54) is 0 Å². The third-order valence-electron chi connectivity index (χ3n) is 4.21. The van der Waals surface area contributed by atoms with Gasteiger partial charge in [0.1, 0.15) is 11.6 Å². The Balaban J connectivity index is 1.80. The van der Waals surface area contributed by atoms with Crippen molar-refractivity contribution in [3.63, 3.8) is 0 Å². The molecule has 0 aliphatic heterocycles. The minimum atomic E-state index is -0.414. The zero-order valence-electron chi connectivity index (χ0n) is 14.7. The Bertz CT molecular complexity index is 1010. The molecule has 1 heterocycles. The van der Waals surface area contributed by atoms with E-state index in [2.05, 4.69) is 5.32 Å². The highest BCUT2D eigenvalue weighted by Gasteiger charge is 2.10. The fraction of sp³-hybridized carbons (Fsp3) is 0.0909. The number of carbonyl (C=O) groups excluding carboxylic acids is 1. The summed E-state index contributed by atoms with van der Waals surface area (Å²) >= 11 is 0. The van der Waals surface area contributed by atoms with Gasteiger partial charge in [-0.2, -0.15) is 5.26 Å². The molecule has 0 saturated carbocycles. The third kappa shape index (κ3) is 3.90. The van der Waals surface area contributed by atoms with Crippen LogP contribution in [0.1, 0.15) is 16.7 Å². The van der Waals surface area contributed by atoms with Crippen LogP contribution in [0, 0.1) is 25.2 Å². The highest BCUT2D eigenvalue weighted by molar-refractivity contribution is 6.09. The van der Waals surface area contributed by atoms with Gasteiger partial charge < -0.3 is 9.88 Å². The molecule has 4 nitrogen and oxygen atoms in total. The van der Waals surface area contributed by atoms with Crippen molar-refractivity contribution in [2.75, 3.05) is 5.32 Å². The summed E-state index contributed by atoms with van der Waals surface area (Å²) in [5.41, 5.74) is 4.80. The third-order valence-corrected chi connectivity index (χ3v) is 4.21. The van der Waals surface area contributed by atoms with Gasteiger partial charge in [-0.15, -0.1) is 0 Å². The minimum Gasteiger partial charge on any atom is -0.323 e. The van der Waals surface area contributed by atoms with Crippen LogP contribution in [0.25, 0.3) is 11.8 Å². The molecule has 0 aliphatic carbocycles. The normalized spacial score (nSPS) is 11.0. The van der Waals surface area contributed by atoms with Gasteiger partial charge in [-0.1, -0.05) is 24.3 Å². The van der Waals surface area contributed by atoms with Gasteiger partial charge in [-0.3, -0.25) is 4.79 Å². The number of para-hydroxylation sites is 1. The molecule has 0 atom stereocenters. The Morgan fingerprint density at radius 2 is 1.85 bits per heavy atom. The number of amides is 1. The second-order valence-corrected chi connectivity index (χ2v) is 6.11. The molecule has 0 spiro atoms. The summed E-state index contributed by atoms with van der Waals surface area (Å²) in [6.45, 7) is 4.00. The van der Waals surface area contributed by atoms with Crippen molar-refractivity contribution in [1.82, 2.24) is 4.57 Å². The van der Waals surface area contributed by atoms with Crippen LogP contribution in [-0.4, -0.2) is 10.5 Å². The van der Waals surface area contributed by atoms with E-state index in [0.717, 1.165) is 22.4 Å². The van der Waals surface area contributed by atoms with Crippen molar-refractivity contribution in [3.05, 3.63) is 89.3 Å². The lowest BCUT2D eigenvalue weighted by atomic mass is 10.1. The molecule has 2 aromatic carbocycles. The number of nitriles is 1. The molecule has 0 unspecified atom stereocenters. The lowest BCUT2D eigenvalue weighted by Crippen LogP contribution is -2.13. The molecule has 4 heteroatoms. The second-order valence-electron chi connectivity index (χ2n) is 6.11. The molecule has 128 valence electrons. The van der Waals surface area contributed by atoms with Crippen molar-refractivity contribution < 1.29 is 4.79 Å². The van der Waals surface area contributed by atoms with Crippen LogP contribution < -0.4 is 5.32 Å². The van der Waals surface area contributed by atoms with Crippen LogP contribution in [0.15, 0.2) is 72.6 Å². The summed E-state index contributed by atoms with van der Waals surface area (Å²) in [5, 5.41) is 12.2. The van der Waals surface area contributed by atoms with Crippen molar-refractivity contribution >= 4 is 17.7 Å². The first-order valence-corrected chi connectivity index (χ1v) is 8.30. The quantitative estimate of drug-likeness (QED) is 0.555. The average Bonchev–Trinajstić information content (AvgIpc) is 3.12. The van der Waals surface area contributed by atoms with Crippen molar-refractivity contribution in [2.45, 2.75) is 13.8 Å². The number of nitrogens with one attached hydrogen (secondary N) is 1. The first-order chi connectivity index (χ1) is 12.6. The maximum Gasteiger partial charge on any atom is 0.266 e. The number of aryl methyl sites for hydroxylation is 2. The number of hydrogen-bond acceptors (Lipinski definition) is 2. The Kier molecular flexibility index (Phi) is 5.00. The lowest BCUT2D eigenvalue weighted by molar-refractivity contribution is -0.112. The van der Waals surface area contributed by atoms with E-state index in [1.54, 1.807) is 6.08 Å². The van der Waals surface area contributed by atoms with E-state index in [-0.39, 0.29) is 5.57 Å². The average molecular weight is 341 g/mol. The van der Waals surface area contributed by atoms with Gasteiger partial charge in [-0.05, 0) is 66.9 Å². The first-order valence-electron chi connectivity index (χ1n) is 8.30. The largest absolute Gasteiger partial charge is 0.323 e. The molecule has 0 bridgehead atoms. The van der Waals surface area contributed by atoms with Gasteiger partial charge in [-0.25, -0.2) is 0 Å². The fourth-order valence-corrected chi connectivity index (χ4v) is 2.59. The van der Waals surface area contributed by atoms with E-state index >= 15 is 0 Å². The number of carbonyl (C=O) groups is 1. The van der Waals surface area contributed by atoms with E-state index in [0.29, 0.717) is 5.69 Å². The van der Waals surface area contributed by atoms with Crippen LogP contribution in [0.4, 0.5) is 5.69 Å². The van der Waals surface area contributed by atoms with Crippen molar-refractivity contribution in [2.24, 2.45) is 0 Å². The van der Waals surface area contributed by atoms with E-state index in [9.17, 15) is 10.1 Å². The zero-order valence-corrected chi connectivity index (χ0v) is 14.7. The molecule has 0 radical (unpaired) electrons. The van der Waals surface area contributed by atoms with Gasteiger partial charge in [0, 0.05) is 23.8 Å². The Morgan fingerprint density at radius 1 is 1.08 bits per heavy atom. The molecule has 0 fully saturated rings. The lowest BCUT2D eigenvalue weighted by Gasteiger charge is -2.07. The zero-order chi connectivity index (χ0) is 18.5. The Hall–Kier alpha value is -3.58. The number of aromatic nitrogens is 1. The predicted molar refractivity (Wildman–Crippen MR) is 104 cm³/mol. The standard InChI is InChI=1S/C22H19N3O/c1-16-8-9-20(12-17(16)2)24-22(26)19(14-23)13-18-10-11-25(15-18)21-6-4-3-5-7-21/h3-13,15H,1-2H3,(H,24,26)/b19-13+. The summed E-state index contributed by atoms with van der Waals surface area (Å²) in [6.07, 6.45) is 5.38. The fourth-order valence-electron chi connectivity index (χ4n) is 2.59. The van der Waals surface area contributed by atoms with Gasteiger partial charge in [0.15, 0.2) is 0 Å². The smallest absolute Gasteiger partial charge is 0.266 e. The van der Waals surface area contributed by atoms with Crippen LogP contribution in [0.5, 0.6) is 0 Å². The summed E-state index contributed by atoms with van der Waals surface area (Å²) < 4.78 is 1.95. The Morgan fingerprint density at radius 3 is 2.54 bits per heavy atom. The van der Waals surface area contributed by atoms with E-state index in [4.69, 9.17) is 0 Å². The molecule has 0 aliphatic rings. The predicted octanol–water partition coefficient (Wildman–Crippen LogP) is 4.64. The molecule has 26 heavy (non-hydrogen) atoms. The number of anilines is 1. The molecular formula is C22H19N3O. The van der Waals surface area contributed by atoms with Crippen LogP contribution in [0.2, 0.25) is 0 Å². The number of nitrogens with zero attached hydrogens (tertiary/aromatic N) is 2. The summed E-state index contributed by atoms with van der Waals surface area (Å²) in [6, 6.07) is 19.4. The number of rotatable bonds is 4. The van der Waals surface area contributed by atoms with Gasteiger partial charge >= 0.3 is 0 Å². The topological polar surface area (TPSA) is 57.8 Å². The molecular weight excluding hydrogens is 322 g/mol. The summed E-state index contributed by atoms with van der Waals surface area (Å²) in [5.74, 6) is -0.414. The second kappa shape index (κ2) is 7.54. The first kappa shape index (κ1) is 17.2. The molecule has 3 rings (SSSR count). The van der Waals surface area contributed by atoms with Crippen molar-refractivity contribution in [3.8, 4) is 11.8 Å². The number of hydrogen-bond donors (Lipinski definition) is 1. The highest BCUT2D eigenvalue weighted by atomic mass is 16.1. The minimum absolute atomic E-state index is 0.0639. The summed E-state index contributed by atoms with van der Waals surface area (Å²) in [4.78, 5) is 12.4. The SMILES string of the molecule is Cc1ccc(NC(=O)/C(C#N)=C/c2ccn(-c3ccccc3)c2)cc1C. The van der Waals surface area contributed by atoms with E-state index < -0.39 is 5.91 Å². The number of benzene rings is 2. The van der Waals surface area contributed by atoms with Crippen molar-refractivity contribution in [1.29, 1.82) is 5.26 Å². The monoisotopic (exact) mass is 341 g/mol. The maximum atomic E-state index is 12.4. The van der Waals surface area contributed by atoms with Crippen LogP contribution in [0.3, 0.4) is 0 Å². The molecule has 1 N–H and O–H groups in total. The molecule has 0 saturated heterocycles. The highest BCUT2D eigenvalue weighted by Crippen LogP contribution is 2.17. The van der Waals surface area contributed by atoms with Gasteiger partial charge in [0.05, 0.1) is 0 Å². The molecule has 3 aromatic rings.